The second-order valence-corrected chi connectivity index (χ2v) is 8.72. The summed E-state index contributed by atoms with van der Waals surface area (Å²) in [5.41, 5.74) is 0.898. The van der Waals surface area contributed by atoms with Gasteiger partial charge in [0.1, 0.15) is 0 Å². The molecule has 0 saturated carbocycles. The maximum absolute atomic E-state index is 12.6. The first kappa shape index (κ1) is 17.4. The summed E-state index contributed by atoms with van der Waals surface area (Å²) in [5, 5.41) is 3.41. The molecule has 3 rings (SSSR count). The predicted octanol–water partition coefficient (Wildman–Crippen LogP) is 3.26. The number of rotatable bonds is 5. The molecule has 0 aliphatic carbocycles. The number of hydrogen-bond acceptors (Lipinski definition) is 4. The quantitative estimate of drug-likeness (QED) is 0.820. The number of hydrogen-bond donors (Lipinski definition) is 0. The SMILES string of the molecule is O=S(=O)(/C=C/c1ccccc1)N1CCCN(Cc2cccs2)CC1. The van der Waals surface area contributed by atoms with Crippen molar-refractivity contribution in [1.29, 1.82) is 0 Å². The van der Waals surface area contributed by atoms with Crippen molar-refractivity contribution < 1.29 is 8.42 Å². The van der Waals surface area contributed by atoms with Crippen molar-refractivity contribution in [2.24, 2.45) is 0 Å². The van der Waals surface area contributed by atoms with Crippen molar-refractivity contribution in [3.63, 3.8) is 0 Å². The van der Waals surface area contributed by atoms with Crippen molar-refractivity contribution in [1.82, 2.24) is 9.21 Å². The van der Waals surface area contributed by atoms with Crippen LogP contribution in [0.25, 0.3) is 6.08 Å². The summed E-state index contributed by atoms with van der Waals surface area (Å²) in [6.07, 6.45) is 2.54. The molecule has 128 valence electrons. The van der Waals surface area contributed by atoms with Crippen LogP contribution >= 0.6 is 11.3 Å². The third-order valence-corrected chi connectivity index (χ3v) is 6.53. The van der Waals surface area contributed by atoms with Crippen LogP contribution in [0.15, 0.2) is 53.3 Å². The third-order valence-electron chi connectivity index (χ3n) is 4.10. The van der Waals surface area contributed by atoms with Crippen molar-refractivity contribution >= 4 is 27.4 Å². The molecule has 1 aromatic heterocycles. The van der Waals surface area contributed by atoms with Crippen LogP contribution in [0.2, 0.25) is 0 Å². The molecular formula is C18H22N2O2S2. The van der Waals surface area contributed by atoms with E-state index >= 15 is 0 Å². The molecule has 24 heavy (non-hydrogen) atoms. The van der Waals surface area contributed by atoms with Gasteiger partial charge in [0.25, 0.3) is 0 Å². The first-order valence-electron chi connectivity index (χ1n) is 8.11. The van der Waals surface area contributed by atoms with Gasteiger partial charge < -0.3 is 0 Å². The van der Waals surface area contributed by atoms with Crippen LogP contribution in [0.3, 0.4) is 0 Å². The van der Waals surface area contributed by atoms with Crippen LogP contribution < -0.4 is 0 Å². The van der Waals surface area contributed by atoms with Gasteiger partial charge in [0, 0.05) is 36.5 Å². The lowest BCUT2D eigenvalue weighted by atomic mass is 10.2. The molecule has 1 aliphatic rings. The van der Waals surface area contributed by atoms with Gasteiger partial charge in [0.05, 0.1) is 0 Å². The van der Waals surface area contributed by atoms with E-state index in [1.807, 2.05) is 30.3 Å². The molecule has 1 aliphatic heterocycles. The summed E-state index contributed by atoms with van der Waals surface area (Å²) in [5.74, 6) is 0. The first-order valence-corrected chi connectivity index (χ1v) is 10.5. The third kappa shape index (κ3) is 4.77. The summed E-state index contributed by atoms with van der Waals surface area (Å²) in [6.45, 7) is 3.75. The Kier molecular flexibility index (Phi) is 5.84. The molecule has 2 heterocycles. The van der Waals surface area contributed by atoms with Crippen LogP contribution in [0.5, 0.6) is 0 Å². The summed E-state index contributed by atoms with van der Waals surface area (Å²) in [4.78, 5) is 3.66. The molecule has 0 radical (unpaired) electrons. The lowest BCUT2D eigenvalue weighted by Gasteiger charge is -2.20. The fourth-order valence-corrected chi connectivity index (χ4v) is 4.76. The standard InChI is InChI=1S/C18H22N2O2S2/c21-24(22,15-9-17-6-2-1-3-7-17)20-11-5-10-19(12-13-20)16-18-8-4-14-23-18/h1-4,6-9,14-15H,5,10-13,16H2/b15-9+. The van der Waals surface area contributed by atoms with Gasteiger partial charge in [-0.15, -0.1) is 11.3 Å². The van der Waals surface area contributed by atoms with Crippen LogP contribution in [0.1, 0.15) is 16.9 Å². The monoisotopic (exact) mass is 362 g/mol. The van der Waals surface area contributed by atoms with Crippen molar-refractivity contribution in [2.45, 2.75) is 13.0 Å². The van der Waals surface area contributed by atoms with E-state index in [1.54, 1.807) is 21.7 Å². The Bertz CT molecular complexity index is 756. The second kappa shape index (κ2) is 8.07. The lowest BCUT2D eigenvalue weighted by Crippen LogP contribution is -2.33. The van der Waals surface area contributed by atoms with Crippen molar-refractivity contribution in [2.75, 3.05) is 26.2 Å². The zero-order valence-corrected chi connectivity index (χ0v) is 15.2. The average Bonchev–Trinajstić information content (AvgIpc) is 2.98. The molecule has 1 aromatic carbocycles. The van der Waals surface area contributed by atoms with E-state index in [1.165, 1.54) is 10.3 Å². The average molecular weight is 363 g/mol. The molecule has 0 unspecified atom stereocenters. The molecule has 1 fully saturated rings. The summed E-state index contributed by atoms with van der Waals surface area (Å²) in [6, 6.07) is 13.7. The van der Waals surface area contributed by atoms with E-state index in [0.717, 1.165) is 31.6 Å². The van der Waals surface area contributed by atoms with Crippen LogP contribution in [-0.2, 0) is 16.6 Å². The second-order valence-electron chi connectivity index (χ2n) is 5.87. The maximum Gasteiger partial charge on any atom is 0.236 e. The van der Waals surface area contributed by atoms with Crippen LogP contribution in [0, 0.1) is 0 Å². The Balaban J connectivity index is 1.61. The Morgan fingerprint density at radius 3 is 2.58 bits per heavy atom. The van der Waals surface area contributed by atoms with Gasteiger partial charge in [0.2, 0.25) is 10.0 Å². The molecule has 6 heteroatoms. The minimum atomic E-state index is -3.36. The van der Waals surface area contributed by atoms with Crippen molar-refractivity contribution in [3.8, 4) is 0 Å². The molecular weight excluding hydrogens is 340 g/mol. The van der Waals surface area contributed by atoms with E-state index in [9.17, 15) is 8.42 Å². The minimum absolute atomic E-state index is 0.548. The van der Waals surface area contributed by atoms with Gasteiger partial charge in [-0.1, -0.05) is 36.4 Å². The number of nitrogens with zero attached hydrogens (tertiary/aromatic N) is 2. The molecule has 0 spiro atoms. The highest BCUT2D eigenvalue weighted by Crippen LogP contribution is 2.16. The fourth-order valence-electron chi connectivity index (χ4n) is 2.80. The van der Waals surface area contributed by atoms with E-state index < -0.39 is 10.0 Å². The Hall–Kier alpha value is -1.47. The van der Waals surface area contributed by atoms with Gasteiger partial charge >= 0.3 is 0 Å². The van der Waals surface area contributed by atoms with Crippen LogP contribution in [0.4, 0.5) is 0 Å². The maximum atomic E-state index is 12.6. The molecule has 0 atom stereocenters. The smallest absolute Gasteiger partial charge is 0.236 e. The Labute approximate surface area is 148 Å². The van der Waals surface area contributed by atoms with E-state index in [-0.39, 0.29) is 0 Å². The molecule has 0 N–H and O–H groups in total. The van der Waals surface area contributed by atoms with Crippen LogP contribution in [-0.4, -0.2) is 43.8 Å². The van der Waals surface area contributed by atoms with Gasteiger partial charge in [-0.2, -0.15) is 4.31 Å². The number of sulfonamides is 1. The topological polar surface area (TPSA) is 40.6 Å². The van der Waals surface area contributed by atoms with Gasteiger partial charge in [-0.25, -0.2) is 8.42 Å². The molecule has 2 aromatic rings. The van der Waals surface area contributed by atoms with Gasteiger partial charge in [-0.05, 0) is 36.1 Å². The molecule has 0 amide bonds. The van der Waals surface area contributed by atoms with Gasteiger partial charge in [0.15, 0.2) is 0 Å². The normalized spacial score (nSPS) is 18.0. The minimum Gasteiger partial charge on any atom is -0.297 e. The Morgan fingerprint density at radius 2 is 1.83 bits per heavy atom. The zero-order valence-electron chi connectivity index (χ0n) is 13.5. The summed E-state index contributed by atoms with van der Waals surface area (Å²) >= 11 is 1.75. The zero-order chi connectivity index (χ0) is 16.8. The molecule has 0 bridgehead atoms. The number of benzene rings is 1. The van der Waals surface area contributed by atoms with E-state index in [2.05, 4.69) is 22.4 Å². The van der Waals surface area contributed by atoms with Crippen molar-refractivity contribution in [3.05, 3.63) is 63.7 Å². The first-order chi connectivity index (χ1) is 11.6. The molecule has 1 saturated heterocycles. The fraction of sp³-hybridized carbons (Fsp3) is 0.333. The van der Waals surface area contributed by atoms with E-state index in [0.29, 0.717) is 13.1 Å². The highest BCUT2D eigenvalue weighted by atomic mass is 32.2. The van der Waals surface area contributed by atoms with E-state index in [4.69, 9.17) is 0 Å². The largest absolute Gasteiger partial charge is 0.297 e. The number of thiophene rings is 1. The predicted molar refractivity (Wildman–Crippen MR) is 100 cm³/mol. The highest BCUT2D eigenvalue weighted by molar-refractivity contribution is 7.92. The summed E-state index contributed by atoms with van der Waals surface area (Å²) in [7, 11) is -3.36. The lowest BCUT2D eigenvalue weighted by molar-refractivity contribution is 0.281. The van der Waals surface area contributed by atoms with Gasteiger partial charge in [-0.3, -0.25) is 4.90 Å². The highest BCUT2D eigenvalue weighted by Gasteiger charge is 2.23. The Morgan fingerprint density at radius 1 is 1.00 bits per heavy atom. The molecule has 4 nitrogen and oxygen atoms in total. The summed E-state index contributed by atoms with van der Waals surface area (Å²) < 4.78 is 26.7.